The summed E-state index contributed by atoms with van der Waals surface area (Å²) in [5.74, 6) is 0.0481. The summed E-state index contributed by atoms with van der Waals surface area (Å²) in [6.07, 6.45) is 1.85. The average molecular weight is 288 g/mol. The SMILES string of the molecule is CSc1cccc(Oc2cc(C)cc(C)c2)c1C(=O)O. The van der Waals surface area contributed by atoms with Crippen molar-refractivity contribution in [2.45, 2.75) is 18.7 Å². The maximum Gasteiger partial charge on any atom is 0.340 e. The number of carboxylic acid groups (broad SMARTS) is 1. The molecular weight excluding hydrogens is 272 g/mol. The van der Waals surface area contributed by atoms with Gasteiger partial charge in [-0.05, 0) is 55.5 Å². The molecule has 3 nitrogen and oxygen atoms in total. The van der Waals surface area contributed by atoms with Gasteiger partial charge in [-0.25, -0.2) is 4.79 Å². The molecule has 0 atom stereocenters. The van der Waals surface area contributed by atoms with Gasteiger partial charge in [-0.2, -0.15) is 0 Å². The van der Waals surface area contributed by atoms with E-state index in [1.54, 1.807) is 18.2 Å². The minimum absolute atomic E-state index is 0.208. The molecule has 0 aliphatic rings. The fourth-order valence-electron chi connectivity index (χ4n) is 2.10. The number of rotatable bonds is 4. The van der Waals surface area contributed by atoms with Gasteiger partial charge in [0, 0.05) is 4.90 Å². The Labute approximate surface area is 122 Å². The lowest BCUT2D eigenvalue weighted by Crippen LogP contribution is -2.02. The minimum Gasteiger partial charge on any atom is -0.478 e. The summed E-state index contributed by atoms with van der Waals surface area (Å²) in [6.45, 7) is 3.96. The van der Waals surface area contributed by atoms with Crippen molar-refractivity contribution in [1.29, 1.82) is 0 Å². The molecule has 20 heavy (non-hydrogen) atoms. The summed E-state index contributed by atoms with van der Waals surface area (Å²) < 4.78 is 5.78. The van der Waals surface area contributed by atoms with Crippen LogP contribution in [0.1, 0.15) is 21.5 Å². The van der Waals surface area contributed by atoms with Crippen molar-refractivity contribution in [2.75, 3.05) is 6.26 Å². The number of hydrogen-bond acceptors (Lipinski definition) is 3. The standard InChI is InChI=1S/C16H16O3S/c1-10-7-11(2)9-12(8-10)19-13-5-4-6-14(20-3)15(13)16(17)18/h4-9H,1-3H3,(H,17,18). The molecule has 0 saturated heterocycles. The monoisotopic (exact) mass is 288 g/mol. The van der Waals surface area contributed by atoms with Crippen LogP contribution in [0.3, 0.4) is 0 Å². The molecule has 0 spiro atoms. The highest BCUT2D eigenvalue weighted by molar-refractivity contribution is 7.98. The van der Waals surface area contributed by atoms with E-state index in [1.165, 1.54) is 11.8 Å². The zero-order valence-corrected chi connectivity index (χ0v) is 12.5. The molecule has 0 amide bonds. The van der Waals surface area contributed by atoms with Gasteiger partial charge in [0.05, 0.1) is 0 Å². The molecular formula is C16H16O3S. The predicted octanol–water partition coefficient (Wildman–Crippen LogP) is 4.52. The van der Waals surface area contributed by atoms with Crippen molar-refractivity contribution in [3.63, 3.8) is 0 Å². The first kappa shape index (κ1) is 14.5. The van der Waals surface area contributed by atoms with Gasteiger partial charge < -0.3 is 9.84 Å². The van der Waals surface area contributed by atoms with E-state index >= 15 is 0 Å². The van der Waals surface area contributed by atoms with E-state index in [9.17, 15) is 9.90 Å². The second-order valence-corrected chi connectivity index (χ2v) is 5.41. The first-order valence-corrected chi connectivity index (χ1v) is 7.40. The van der Waals surface area contributed by atoms with Crippen molar-refractivity contribution in [2.24, 2.45) is 0 Å². The van der Waals surface area contributed by atoms with Crippen LogP contribution in [0.15, 0.2) is 41.3 Å². The third-order valence-electron chi connectivity index (χ3n) is 2.84. The lowest BCUT2D eigenvalue weighted by Gasteiger charge is -2.12. The van der Waals surface area contributed by atoms with Crippen LogP contribution in [-0.4, -0.2) is 17.3 Å². The number of hydrogen-bond donors (Lipinski definition) is 1. The molecule has 104 valence electrons. The van der Waals surface area contributed by atoms with E-state index in [2.05, 4.69) is 0 Å². The molecule has 0 fully saturated rings. The fraction of sp³-hybridized carbons (Fsp3) is 0.188. The normalized spacial score (nSPS) is 10.3. The fourth-order valence-corrected chi connectivity index (χ4v) is 2.70. The number of carboxylic acids is 1. The molecule has 4 heteroatoms. The summed E-state index contributed by atoms with van der Waals surface area (Å²) >= 11 is 1.39. The Kier molecular flexibility index (Phi) is 4.35. The van der Waals surface area contributed by atoms with Crippen molar-refractivity contribution in [3.05, 3.63) is 53.1 Å². The quantitative estimate of drug-likeness (QED) is 0.840. The van der Waals surface area contributed by atoms with Crippen LogP contribution in [0.25, 0.3) is 0 Å². The highest BCUT2D eigenvalue weighted by Crippen LogP contribution is 2.32. The number of thioether (sulfide) groups is 1. The number of aryl methyl sites for hydroxylation is 2. The largest absolute Gasteiger partial charge is 0.478 e. The van der Waals surface area contributed by atoms with Crippen LogP contribution < -0.4 is 4.74 Å². The first-order valence-electron chi connectivity index (χ1n) is 6.17. The van der Waals surface area contributed by atoms with Crippen LogP contribution >= 0.6 is 11.8 Å². The highest BCUT2D eigenvalue weighted by Gasteiger charge is 2.16. The van der Waals surface area contributed by atoms with E-state index in [0.717, 1.165) is 11.1 Å². The van der Waals surface area contributed by atoms with Crippen molar-refractivity contribution in [1.82, 2.24) is 0 Å². The molecule has 0 aliphatic heterocycles. The van der Waals surface area contributed by atoms with Gasteiger partial charge in [0.25, 0.3) is 0 Å². The Balaban J connectivity index is 2.45. The number of aromatic carboxylic acids is 1. The first-order chi connectivity index (χ1) is 9.51. The molecule has 0 heterocycles. The van der Waals surface area contributed by atoms with Gasteiger partial charge in [-0.3, -0.25) is 0 Å². The lowest BCUT2D eigenvalue weighted by molar-refractivity contribution is 0.0690. The summed E-state index contributed by atoms with van der Waals surface area (Å²) in [4.78, 5) is 12.1. The van der Waals surface area contributed by atoms with E-state index in [4.69, 9.17) is 4.74 Å². The molecule has 0 unspecified atom stereocenters. The molecule has 2 aromatic rings. The second-order valence-electron chi connectivity index (χ2n) is 4.56. The Hall–Kier alpha value is -1.94. The van der Waals surface area contributed by atoms with Crippen LogP contribution in [-0.2, 0) is 0 Å². The number of ether oxygens (including phenoxy) is 1. The molecule has 0 aromatic heterocycles. The molecule has 2 aromatic carbocycles. The molecule has 0 bridgehead atoms. The van der Waals surface area contributed by atoms with E-state index < -0.39 is 5.97 Å². The third-order valence-corrected chi connectivity index (χ3v) is 3.62. The lowest BCUT2D eigenvalue weighted by atomic mass is 10.1. The maximum atomic E-state index is 11.4. The predicted molar refractivity (Wildman–Crippen MR) is 81.2 cm³/mol. The number of carbonyl (C=O) groups is 1. The Morgan fingerprint density at radius 3 is 2.35 bits per heavy atom. The second kappa shape index (κ2) is 6.01. The van der Waals surface area contributed by atoms with E-state index in [1.807, 2.05) is 38.3 Å². The highest BCUT2D eigenvalue weighted by atomic mass is 32.2. The van der Waals surface area contributed by atoms with Crippen LogP contribution in [0.5, 0.6) is 11.5 Å². The van der Waals surface area contributed by atoms with Gasteiger partial charge in [0.15, 0.2) is 0 Å². The Bertz CT molecular complexity index is 630. The number of benzene rings is 2. The topological polar surface area (TPSA) is 46.5 Å². The average Bonchev–Trinajstić information content (AvgIpc) is 2.36. The molecule has 0 radical (unpaired) electrons. The van der Waals surface area contributed by atoms with Gasteiger partial charge in [-0.15, -0.1) is 11.8 Å². The van der Waals surface area contributed by atoms with Gasteiger partial charge >= 0.3 is 5.97 Å². The zero-order chi connectivity index (χ0) is 14.7. The van der Waals surface area contributed by atoms with Gasteiger partial charge in [0.1, 0.15) is 17.1 Å². The molecule has 0 saturated carbocycles. The van der Waals surface area contributed by atoms with Gasteiger partial charge in [0.2, 0.25) is 0 Å². The summed E-state index contributed by atoms with van der Waals surface area (Å²) in [6, 6.07) is 11.1. The van der Waals surface area contributed by atoms with Crippen molar-refractivity contribution < 1.29 is 14.6 Å². The molecule has 1 N–H and O–H groups in total. The minimum atomic E-state index is -0.977. The van der Waals surface area contributed by atoms with Crippen LogP contribution in [0.2, 0.25) is 0 Å². The Morgan fingerprint density at radius 1 is 1.15 bits per heavy atom. The van der Waals surface area contributed by atoms with E-state index in [-0.39, 0.29) is 5.56 Å². The van der Waals surface area contributed by atoms with Gasteiger partial charge in [-0.1, -0.05) is 12.1 Å². The zero-order valence-electron chi connectivity index (χ0n) is 11.6. The smallest absolute Gasteiger partial charge is 0.340 e. The van der Waals surface area contributed by atoms with Crippen LogP contribution in [0, 0.1) is 13.8 Å². The summed E-state index contributed by atoms with van der Waals surface area (Å²) in [5.41, 5.74) is 2.37. The van der Waals surface area contributed by atoms with Crippen LogP contribution in [0.4, 0.5) is 0 Å². The molecule has 0 aliphatic carbocycles. The Morgan fingerprint density at radius 2 is 1.80 bits per heavy atom. The third kappa shape index (κ3) is 3.14. The molecule has 2 rings (SSSR count). The maximum absolute atomic E-state index is 11.4. The van der Waals surface area contributed by atoms with Crippen molar-refractivity contribution in [3.8, 4) is 11.5 Å². The summed E-state index contributed by atoms with van der Waals surface area (Å²) in [7, 11) is 0. The van der Waals surface area contributed by atoms with Crippen molar-refractivity contribution >= 4 is 17.7 Å². The summed E-state index contributed by atoms with van der Waals surface area (Å²) in [5, 5.41) is 9.37. The van der Waals surface area contributed by atoms with E-state index in [0.29, 0.717) is 16.4 Å².